The summed E-state index contributed by atoms with van der Waals surface area (Å²) in [7, 11) is 0. The molecule has 1 aromatic heterocycles. The summed E-state index contributed by atoms with van der Waals surface area (Å²) >= 11 is 6.09. The van der Waals surface area contributed by atoms with Crippen molar-refractivity contribution in [2.45, 2.75) is 44.1 Å². The van der Waals surface area contributed by atoms with Crippen LogP contribution >= 0.6 is 11.6 Å². The van der Waals surface area contributed by atoms with Crippen molar-refractivity contribution >= 4 is 17.3 Å². The van der Waals surface area contributed by atoms with Gasteiger partial charge in [0.25, 0.3) is 5.56 Å². The number of anilines is 1. The molecule has 0 atom stereocenters. The third-order valence-corrected chi connectivity index (χ3v) is 5.61. The van der Waals surface area contributed by atoms with Gasteiger partial charge in [0.1, 0.15) is 5.02 Å². The summed E-state index contributed by atoms with van der Waals surface area (Å²) < 4.78 is 0. The summed E-state index contributed by atoms with van der Waals surface area (Å²) in [5.41, 5.74) is 0.553. The maximum absolute atomic E-state index is 11.5. The van der Waals surface area contributed by atoms with E-state index < -0.39 is 0 Å². The fourth-order valence-electron chi connectivity index (χ4n) is 5.02. The largest absolute Gasteiger partial charge is 0.377 e. The molecule has 4 bridgehead atoms. The Kier molecular flexibility index (Phi) is 2.47. The van der Waals surface area contributed by atoms with Gasteiger partial charge in [-0.1, -0.05) is 11.6 Å². The maximum Gasteiger partial charge on any atom is 0.285 e. The van der Waals surface area contributed by atoms with Crippen molar-refractivity contribution in [1.29, 1.82) is 0 Å². The molecule has 0 unspecified atom stereocenters. The zero-order valence-electron chi connectivity index (χ0n) is 10.8. The van der Waals surface area contributed by atoms with E-state index in [0.29, 0.717) is 5.69 Å². The predicted molar refractivity (Wildman–Crippen MR) is 74.4 cm³/mol. The zero-order chi connectivity index (χ0) is 13.0. The van der Waals surface area contributed by atoms with Gasteiger partial charge in [-0.3, -0.25) is 4.79 Å². The van der Waals surface area contributed by atoms with Crippen LogP contribution in [0, 0.1) is 17.8 Å². The van der Waals surface area contributed by atoms with E-state index in [2.05, 4.69) is 15.5 Å². The summed E-state index contributed by atoms with van der Waals surface area (Å²) in [6, 6.07) is 0. The first-order chi connectivity index (χ1) is 9.13. The van der Waals surface area contributed by atoms with Crippen molar-refractivity contribution in [3.05, 3.63) is 21.6 Å². The van der Waals surface area contributed by atoms with E-state index in [4.69, 9.17) is 11.6 Å². The molecule has 0 amide bonds. The third kappa shape index (κ3) is 1.88. The molecular weight excluding hydrogens is 262 g/mol. The molecule has 4 nitrogen and oxygen atoms in total. The summed E-state index contributed by atoms with van der Waals surface area (Å²) in [5.74, 6) is 2.60. The predicted octanol–water partition coefficient (Wildman–Crippen LogP) is 2.80. The molecule has 0 radical (unpaired) electrons. The average molecular weight is 280 g/mol. The van der Waals surface area contributed by atoms with Crippen LogP contribution in [-0.4, -0.2) is 15.7 Å². The Balaban J connectivity index is 1.66. The van der Waals surface area contributed by atoms with Crippen LogP contribution < -0.4 is 10.9 Å². The van der Waals surface area contributed by atoms with E-state index in [1.807, 2.05) is 0 Å². The van der Waals surface area contributed by atoms with Gasteiger partial charge in [-0.05, 0) is 56.3 Å². The number of hydrogen-bond acceptors (Lipinski definition) is 3. The van der Waals surface area contributed by atoms with Crippen molar-refractivity contribution in [1.82, 2.24) is 10.2 Å². The van der Waals surface area contributed by atoms with Gasteiger partial charge in [0.2, 0.25) is 0 Å². The number of H-pyrrole nitrogens is 1. The standard InChI is InChI=1S/C14H18ClN3O/c15-12-11(7-16-18-13(12)19)17-14-4-8-1-9(5-14)3-10(2-8)6-14/h7-10H,1-6H2,(H2,17,18,19). The fraction of sp³-hybridized carbons (Fsp3) is 0.714. The normalized spacial score (nSPS) is 39.5. The van der Waals surface area contributed by atoms with Crippen LogP contribution in [0.5, 0.6) is 0 Å². The number of rotatable bonds is 2. The number of halogens is 1. The Labute approximate surface area is 116 Å². The second kappa shape index (κ2) is 3.98. The lowest BCUT2D eigenvalue weighted by atomic mass is 9.53. The lowest BCUT2D eigenvalue weighted by Gasteiger charge is -2.57. The minimum atomic E-state index is -0.309. The highest BCUT2D eigenvalue weighted by Gasteiger charge is 2.51. The van der Waals surface area contributed by atoms with Crippen LogP contribution in [0.3, 0.4) is 0 Å². The van der Waals surface area contributed by atoms with Crippen LogP contribution in [0.1, 0.15) is 38.5 Å². The second-order valence-corrected chi connectivity index (χ2v) is 7.13. The van der Waals surface area contributed by atoms with E-state index in [0.717, 1.165) is 17.8 Å². The smallest absolute Gasteiger partial charge is 0.285 e. The van der Waals surface area contributed by atoms with Crippen LogP contribution in [0.4, 0.5) is 5.69 Å². The molecule has 4 saturated carbocycles. The van der Waals surface area contributed by atoms with Gasteiger partial charge in [0.05, 0.1) is 11.9 Å². The molecule has 19 heavy (non-hydrogen) atoms. The average Bonchev–Trinajstić information content (AvgIpc) is 2.33. The summed E-state index contributed by atoms with van der Waals surface area (Å²) in [4.78, 5) is 11.5. The van der Waals surface area contributed by atoms with E-state index in [1.165, 1.54) is 38.5 Å². The van der Waals surface area contributed by atoms with Crippen molar-refractivity contribution in [3.63, 3.8) is 0 Å². The summed E-state index contributed by atoms with van der Waals surface area (Å²) in [5, 5.41) is 10.1. The van der Waals surface area contributed by atoms with Gasteiger partial charge in [-0.2, -0.15) is 5.10 Å². The molecule has 1 heterocycles. The molecule has 4 aliphatic rings. The van der Waals surface area contributed by atoms with E-state index in [1.54, 1.807) is 6.20 Å². The minimum absolute atomic E-state index is 0.161. The van der Waals surface area contributed by atoms with E-state index in [9.17, 15) is 4.79 Å². The first-order valence-corrected chi connectivity index (χ1v) is 7.53. The molecule has 102 valence electrons. The highest BCUT2D eigenvalue weighted by atomic mass is 35.5. The summed E-state index contributed by atoms with van der Waals surface area (Å²) in [6.07, 6.45) is 9.53. The van der Waals surface area contributed by atoms with Crippen molar-refractivity contribution in [3.8, 4) is 0 Å². The van der Waals surface area contributed by atoms with Crippen LogP contribution in [0.2, 0.25) is 5.02 Å². The number of aromatic amines is 1. The zero-order valence-corrected chi connectivity index (χ0v) is 11.5. The van der Waals surface area contributed by atoms with Crippen LogP contribution in [-0.2, 0) is 0 Å². The number of nitrogens with one attached hydrogen (secondary N) is 2. The van der Waals surface area contributed by atoms with Crippen LogP contribution in [0.25, 0.3) is 0 Å². The highest BCUT2D eigenvalue weighted by Crippen LogP contribution is 2.56. The Morgan fingerprint density at radius 1 is 1.21 bits per heavy atom. The van der Waals surface area contributed by atoms with Gasteiger partial charge in [0, 0.05) is 5.54 Å². The molecule has 2 N–H and O–H groups in total. The molecule has 4 fully saturated rings. The number of nitrogens with zero attached hydrogens (tertiary/aromatic N) is 1. The monoisotopic (exact) mass is 279 g/mol. The lowest BCUT2D eigenvalue weighted by molar-refractivity contribution is 0.0107. The van der Waals surface area contributed by atoms with Crippen LogP contribution in [0.15, 0.2) is 11.0 Å². The SMILES string of the molecule is O=c1[nH]ncc(NC23CC4CC(CC(C4)C2)C3)c1Cl. The fourth-order valence-corrected chi connectivity index (χ4v) is 5.16. The Morgan fingerprint density at radius 3 is 2.37 bits per heavy atom. The third-order valence-electron chi connectivity index (χ3n) is 5.23. The van der Waals surface area contributed by atoms with Gasteiger partial charge >= 0.3 is 0 Å². The minimum Gasteiger partial charge on any atom is -0.377 e. The first kappa shape index (κ1) is 11.8. The lowest BCUT2D eigenvalue weighted by Crippen LogP contribution is -2.54. The quantitative estimate of drug-likeness (QED) is 0.875. The molecule has 1 aromatic rings. The molecule has 5 rings (SSSR count). The van der Waals surface area contributed by atoms with Crippen molar-refractivity contribution in [2.75, 3.05) is 5.32 Å². The molecule has 0 aliphatic heterocycles. The topological polar surface area (TPSA) is 57.8 Å². The molecule has 0 saturated heterocycles. The van der Waals surface area contributed by atoms with E-state index in [-0.39, 0.29) is 16.1 Å². The molecule has 5 heteroatoms. The maximum atomic E-state index is 11.5. The Hall–Kier alpha value is -1.03. The Bertz CT molecular complexity index is 533. The highest BCUT2D eigenvalue weighted by molar-refractivity contribution is 6.32. The van der Waals surface area contributed by atoms with Crippen molar-refractivity contribution in [2.24, 2.45) is 17.8 Å². The van der Waals surface area contributed by atoms with E-state index >= 15 is 0 Å². The van der Waals surface area contributed by atoms with Crippen molar-refractivity contribution < 1.29 is 0 Å². The second-order valence-electron chi connectivity index (χ2n) is 6.75. The molecule has 4 aliphatic carbocycles. The molecule has 0 spiro atoms. The van der Waals surface area contributed by atoms with Gasteiger partial charge in [-0.25, -0.2) is 5.10 Å². The Morgan fingerprint density at radius 2 is 1.79 bits per heavy atom. The summed E-state index contributed by atoms with van der Waals surface area (Å²) in [6.45, 7) is 0. The van der Waals surface area contributed by atoms with Gasteiger partial charge in [0.15, 0.2) is 0 Å². The molecular formula is C14H18ClN3O. The number of aromatic nitrogens is 2. The van der Waals surface area contributed by atoms with Gasteiger partial charge < -0.3 is 5.32 Å². The molecule has 0 aromatic carbocycles. The first-order valence-electron chi connectivity index (χ1n) is 7.15. The van der Waals surface area contributed by atoms with Gasteiger partial charge in [-0.15, -0.1) is 0 Å². The number of hydrogen-bond donors (Lipinski definition) is 2.